The van der Waals surface area contributed by atoms with Gasteiger partial charge in [-0.1, -0.05) is 95.5 Å². The van der Waals surface area contributed by atoms with Crippen molar-refractivity contribution in [2.24, 2.45) is 29.1 Å². The number of methoxy groups -OCH3 is 2. The molecule has 14 nitrogen and oxygen atoms in total. The van der Waals surface area contributed by atoms with Crippen LogP contribution in [0.2, 0.25) is 0 Å². The van der Waals surface area contributed by atoms with Crippen molar-refractivity contribution in [2.45, 2.75) is 110 Å². The molecule has 1 spiro atoms. The molecular weight excluding hydrogens is 785 g/mol. The molecule has 2 aromatic carbocycles. The van der Waals surface area contributed by atoms with Gasteiger partial charge in [0.1, 0.15) is 23.7 Å². The molecule has 2 saturated carbocycles. The van der Waals surface area contributed by atoms with Gasteiger partial charge in [0.2, 0.25) is 11.8 Å². The smallest absolute Gasteiger partial charge is 0.407 e. The Morgan fingerprint density at radius 2 is 1.13 bits per heavy atom. The molecule has 2 saturated heterocycles. The Kier molecular flexibility index (Phi) is 12.5. The molecule has 14 heteroatoms. The van der Waals surface area contributed by atoms with Crippen LogP contribution in [-0.2, 0) is 19.1 Å². The van der Waals surface area contributed by atoms with Crippen molar-refractivity contribution < 1.29 is 28.7 Å². The number of aromatic amines is 2. The number of nitrogens with one attached hydrogen (secondary N) is 4. The zero-order valence-corrected chi connectivity index (χ0v) is 36.9. The number of aromatic nitrogens is 4. The summed E-state index contributed by atoms with van der Waals surface area (Å²) in [4.78, 5) is 73.2. The van der Waals surface area contributed by atoms with E-state index in [0.717, 1.165) is 83.8 Å². The lowest BCUT2D eigenvalue weighted by atomic mass is 9.72. The van der Waals surface area contributed by atoms with Gasteiger partial charge in [0, 0.05) is 13.1 Å². The Labute approximate surface area is 364 Å². The van der Waals surface area contributed by atoms with Crippen LogP contribution in [0, 0.1) is 29.1 Å². The highest BCUT2D eigenvalue weighted by atomic mass is 16.5. The van der Waals surface area contributed by atoms with Gasteiger partial charge in [0.15, 0.2) is 0 Å². The molecule has 4 aromatic rings. The Morgan fingerprint density at radius 3 is 1.60 bits per heavy atom. The van der Waals surface area contributed by atoms with Crippen LogP contribution in [-0.4, -0.2) is 93.1 Å². The second-order valence-electron chi connectivity index (χ2n) is 18.8. The summed E-state index contributed by atoms with van der Waals surface area (Å²) in [5, 5.41) is 5.55. The lowest BCUT2D eigenvalue weighted by Gasteiger charge is -2.34. The van der Waals surface area contributed by atoms with Gasteiger partial charge in [-0.05, 0) is 89.9 Å². The number of likely N-dealkylation sites (tertiary alicyclic amines) is 2. The lowest BCUT2D eigenvalue weighted by Crippen LogP contribution is -2.51. The van der Waals surface area contributed by atoms with Crippen molar-refractivity contribution in [3.8, 4) is 33.6 Å². The van der Waals surface area contributed by atoms with Gasteiger partial charge in [-0.15, -0.1) is 0 Å². The van der Waals surface area contributed by atoms with Crippen LogP contribution in [0.25, 0.3) is 33.6 Å². The predicted molar refractivity (Wildman–Crippen MR) is 235 cm³/mol. The molecule has 2 aliphatic heterocycles. The standard InChI is InChI=1S/C48H62N8O6/c1-28(2)40(53-46(59)61-5)44(57)55-26-35(32-10-11-32)22-38(55)42-49-24-36(51-42)33-16-12-30(13-17-33)31-14-18-34(19-15-31)37-25-50-43(52-37)39-23-48(20-8-7-9-21-48)27-56(39)45(58)41(29(3)4)54-47(60)62-6/h12-19,24-25,28-29,32,35,38-41H,7-11,20-23,26-27H2,1-6H3,(H,49,51)(H,50,52)(H,53,59)(H,54,60)/t35-,38-,39-,40-,41-/m0/s1. The number of rotatable bonds is 12. The summed E-state index contributed by atoms with van der Waals surface area (Å²) in [5.41, 5.74) is 5.94. The number of hydrogen-bond donors (Lipinski definition) is 4. The third-order valence-corrected chi connectivity index (χ3v) is 13.9. The van der Waals surface area contributed by atoms with Gasteiger partial charge in [0.25, 0.3) is 0 Å². The Hall–Kier alpha value is -5.66. The van der Waals surface area contributed by atoms with Crippen LogP contribution in [0.1, 0.15) is 109 Å². The van der Waals surface area contributed by atoms with E-state index in [1.807, 2.05) is 49.9 Å². The first-order valence-corrected chi connectivity index (χ1v) is 22.5. The van der Waals surface area contributed by atoms with Crippen LogP contribution in [0.3, 0.4) is 0 Å². The maximum atomic E-state index is 14.2. The molecule has 8 rings (SSSR count). The number of benzene rings is 2. The fraction of sp³-hybridized carbons (Fsp3) is 0.542. The summed E-state index contributed by atoms with van der Waals surface area (Å²) in [6, 6.07) is 15.0. The quantitative estimate of drug-likeness (QED) is 0.110. The van der Waals surface area contributed by atoms with Crippen molar-refractivity contribution in [3.63, 3.8) is 0 Å². The molecule has 2 aliphatic carbocycles. The van der Waals surface area contributed by atoms with Crippen LogP contribution >= 0.6 is 0 Å². The van der Waals surface area contributed by atoms with E-state index in [2.05, 4.69) is 69.1 Å². The third-order valence-electron chi connectivity index (χ3n) is 13.9. The number of carbonyl (C=O) groups excluding carboxylic acids is 4. The molecule has 62 heavy (non-hydrogen) atoms. The Morgan fingerprint density at radius 1 is 0.661 bits per heavy atom. The SMILES string of the molecule is COC(=O)N[C@H](C(=O)N1C[C@@H](C2CC2)C[C@H]1c1ncc(-c2ccc(-c3ccc(-c4cnc([C@@H]5CC6(CCCCC6)CN5C(=O)[C@@H](NC(=O)OC)C(C)C)[nH]4)cc3)cc2)[nH]1)C(C)C. The van der Waals surface area contributed by atoms with E-state index in [0.29, 0.717) is 24.9 Å². The molecule has 4 N–H and O–H groups in total. The first-order chi connectivity index (χ1) is 29.9. The van der Waals surface area contributed by atoms with Crippen molar-refractivity contribution in [2.75, 3.05) is 27.3 Å². The zero-order chi connectivity index (χ0) is 43.7. The van der Waals surface area contributed by atoms with Crippen molar-refractivity contribution in [1.29, 1.82) is 0 Å². The molecule has 4 amide bonds. The van der Waals surface area contributed by atoms with Crippen LogP contribution in [0.4, 0.5) is 9.59 Å². The second-order valence-corrected chi connectivity index (χ2v) is 18.8. The lowest BCUT2D eigenvalue weighted by molar-refractivity contribution is -0.136. The van der Waals surface area contributed by atoms with Crippen LogP contribution in [0.15, 0.2) is 60.9 Å². The van der Waals surface area contributed by atoms with E-state index in [1.54, 1.807) is 0 Å². The molecule has 2 aromatic heterocycles. The highest BCUT2D eigenvalue weighted by Crippen LogP contribution is 2.51. The van der Waals surface area contributed by atoms with Gasteiger partial charge in [-0.25, -0.2) is 19.6 Å². The van der Waals surface area contributed by atoms with Gasteiger partial charge >= 0.3 is 12.2 Å². The molecule has 4 fully saturated rings. The number of hydrogen-bond acceptors (Lipinski definition) is 8. The molecule has 330 valence electrons. The van der Waals surface area contributed by atoms with Crippen molar-refractivity contribution >= 4 is 24.0 Å². The number of nitrogens with zero attached hydrogens (tertiary/aromatic N) is 4. The van der Waals surface area contributed by atoms with Gasteiger partial charge in [0.05, 0.1) is 50.1 Å². The average Bonchev–Trinajstić information content (AvgIpc) is 3.63. The molecular formula is C48H62N8O6. The number of alkyl carbamates (subject to hydrolysis) is 2. The van der Waals surface area contributed by atoms with Crippen LogP contribution in [0.5, 0.6) is 0 Å². The summed E-state index contributed by atoms with van der Waals surface area (Å²) in [6.07, 6.45) is 12.3. The van der Waals surface area contributed by atoms with E-state index >= 15 is 0 Å². The summed E-state index contributed by atoms with van der Waals surface area (Å²) in [7, 11) is 2.62. The fourth-order valence-corrected chi connectivity index (χ4v) is 10.2. The monoisotopic (exact) mass is 846 g/mol. The van der Waals surface area contributed by atoms with E-state index in [1.165, 1.54) is 33.5 Å². The topological polar surface area (TPSA) is 175 Å². The minimum Gasteiger partial charge on any atom is -0.453 e. The third kappa shape index (κ3) is 8.96. The second kappa shape index (κ2) is 18.0. The number of carbonyl (C=O) groups is 4. The number of H-pyrrole nitrogens is 2. The normalized spacial score (nSPS) is 21.9. The largest absolute Gasteiger partial charge is 0.453 e. The number of amides is 4. The fourth-order valence-electron chi connectivity index (χ4n) is 10.2. The molecule has 0 unspecified atom stereocenters. The highest BCUT2D eigenvalue weighted by Gasteiger charge is 2.50. The van der Waals surface area contributed by atoms with Gasteiger partial charge in [-0.2, -0.15) is 0 Å². The molecule has 4 heterocycles. The van der Waals surface area contributed by atoms with Crippen LogP contribution < -0.4 is 10.6 Å². The van der Waals surface area contributed by atoms with Gasteiger partial charge in [-0.3, -0.25) is 9.59 Å². The molecule has 5 atom stereocenters. The van der Waals surface area contributed by atoms with E-state index in [4.69, 9.17) is 19.4 Å². The minimum absolute atomic E-state index is 0.0505. The summed E-state index contributed by atoms with van der Waals surface area (Å²) >= 11 is 0. The van der Waals surface area contributed by atoms with Crippen molar-refractivity contribution in [1.82, 2.24) is 40.4 Å². The predicted octanol–water partition coefficient (Wildman–Crippen LogP) is 8.42. The Balaban J connectivity index is 0.960. The zero-order valence-electron chi connectivity index (χ0n) is 36.9. The molecule has 4 aliphatic rings. The van der Waals surface area contributed by atoms with Gasteiger partial charge < -0.3 is 39.9 Å². The van der Waals surface area contributed by atoms with E-state index < -0.39 is 24.3 Å². The number of imidazole rings is 2. The van der Waals surface area contributed by atoms with Crippen molar-refractivity contribution in [3.05, 3.63) is 72.6 Å². The summed E-state index contributed by atoms with van der Waals surface area (Å²) in [5.74, 6) is 2.15. The summed E-state index contributed by atoms with van der Waals surface area (Å²) < 4.78 is 9.70. The Bertz CT molecular complexity index is 2220. The molecule has 0 bridgehead atoms. The first-order valence-electron chi connectivity index (χ1n) is 22.5. The maximum Gasteiger partial charge on any atom is 0.407 e. The summed E-state index contributed by atoms with van der Waals surface area (Å²) in [6.45, 7) is 9.05. The highest BCUT2D eigenvalue weighted by molar-refractivity contribution is 5.87. The van der Waals surface area contributed by atoms with E-state index in [9.17, 15) is 19.2 Å². The average molecular weight is 847 g/mol. The minimum atomic E-state index is -0.696. The van der Waals surface area contributed by atoms with E-state index in [-0.39, 0.29) is 41.1 Å². The number of ether oxygens (including phenoxy) is 2. The molecule has 0 radical (unpaired) electrons. The first kappa shape index (κ1) is 43.0. The maximum absolute atomic E-state index is 14.2.